The van der Waals surface area contributed by atoms with Crippen molar-refractivity contribution in [2.45, 2.75) is 27.2 Å². The number of halogens is 1. The molecule has 2 amide bonds. The summed E-state index contributed by atoms with van der Waals surface area (Å²) >= 11 is 0. The molecular formula is C21H23FN2O4. The lowest BCUT2D eigenvalue weighted by Crippen LogP contribution is -2.22. The molecule has 0 radical (unpaired) electrons. The van der Waals surface area contributed by atoms with Gasteiger partial charge in [0.25, 0.3) is 0 Å². The largest absolute Gasteiger partial charge is 0.462 e. The van der Waals surface area contributed by atoms with Crippen LogP contribution in [0.2, 0.25) is 0 Å². The molecule has 0 fully saturated rings. The van der Waals surface area contributed by atoms with Gasteiger partial charge in [0.2, 0.25) is 11.8 Å². The number of amides is 2. The van der Waals surface area contributed by atoms with Gasteiger partial charge in [0.1, 0.15) is 5.82 Å². The predicted octanol–water partition coefficient (Wildman–Crippen LogP) is 3.78. The topological polar surface area (TPSA) is 84.5 Å². The second kappa shape index (κ2) is 9.64. The minimum absolute atomic E-state index is 0.190. The van der Waals surface area contributed by atoms with Crippen LogP contribution in [0.4, 0.5) is 15.8 Å². The minimum atomic E-state index is -0.507. The number of benzene rings is 2. The summed E-state index contributed by atoms with van der Waals surface area (Å²) in [5.74, 6) is -2.05. The van der Waals surface area contributed by atoms with Crippen molar-refractivity contribution in [2.24, 2.45) is 5.92 Å². The van der Waals surface area contributed by atoms with Crippen LogP contribution in [0.25, 0.3) is 0 Å². The average Bonchev–Trinajstić information content (AvgIpc) is 2.63. The maximum absolute atomic E-state index is 14.2. The number of rotatable bonds is 7. The van der Waals surface area contributed by atoms with Crippen molar-refractivity contribution in [1.82, 2.24) is 0 Å². The van der Waals surface area contributed by atoms with E-state index < -0.39 is 17.7 Å². The number of nitrogens with one attached hydrogen (secondary N) is 2. The Hall–Kier alpha value is -3.22. The average molecular weight is 386 g/mol. The molecule has 7 heteroatoms. The third kappa shape index (κ3) is 5.90. The summed E-state index contributed by atoms with van der Waals surface area (Å²) in [6, 6.07) is 10.8. The summed E-state index contributed by atoms with van der Waals surface area (Å²) in [5, 5.41) is 5.24. The normalized spacial score (nSPS) is 11.4. The fourth-order valence-corrected chi connectivity index (χ4v) is 2.62. The van der Waals surface area contributed by atoms with E-state index in [1.54, 1.807) is 44.2 Å². The predicted molar refractivity (Wildman–Crippen MR) is 105 cm³/mol. The highest BCUT2D eigenvalue weighted by atomic mass is 19.1. The highest BCUT2D eigenvalue weighted by Crippen LogP contribution is 2.19. The molecule has 0 aliphatic heterocycles. The van der Waals surface area contributed by atoms with Crippen LogP contribution in [0.5, 0.6) is 0 Å². The molecule has 1 atom stereocenters. The first kappa shape index (κ1) is 21.1. The van der Waals surface area contributed by atoms with Crippen molar-refractivity contribution in [1.29, 1.82) is 0 Å². The lowest BCUT2D eigenvalue weighted by Gasteiger charge is -2.14. The van der Waals surface area contributed by atoms with E-state index in [-0.39, 0.29) is 24.8 Å². The van der Waals surface area contributed by atoms with Crippen molar-refractivity contribution in [3.05, 3.63) is 59.4 Å². The van der Waals surface area contributed by atoms with E-state index in [9.17, 15) is 18.8 Å². The van der Waals surface area contributed by atoms with Crippen LogP contribution in [0.1, 0.15) is 36.7 Å². The van der Waals surface area contributed by atoms with Gasteiger partial charge in [-0.25, -0.2) is 9.18 Å². The van der Waals surface area contributed by atoms with E-state index in [1.807, 2.05) is 0 Å². The molecule has 1 unspecified atom stereocenters. The summed E-state index contributed by atoms with van der Waals surface area (Å²) in [6.45, 7) is 5.01. The maximum atomic E-state index is 14.2. The number of carbonyl (C=O) groups is 3. The van der Waals surface area contributed by atoms with E-state index in [0.29, 0.717) is 22.5 Å². The van der Waals surface area contributed by atoms with E-state index in [0.717, 1.165) is 0 Å². The summed E-state index contributed by atoms with van der Waals surface area (Å²) in [6.07, 6.45) is 0.190. The molecule has 28 heavy (non-hydrogen) atoms. The van der Waals surface area contributed by atoms with Gasteiger partial charge in [0.15, 0.2) is 0 Å². The third-order valence-corrected chi connectivity index (χ3v) is 3.99. The molecule has 0 bridgehead atoms. The second-order valence-electron chi connectivity index (χ2n) is 6.38. The lowest BCUT2D eigenvalue weighted by molar-refractivity contribution is -0.119. The number of hydrogen-bond acceptors (Lipinski definition) is 4. The molecule has 0 aliphatic rings. The molecule has 2 N–H and O–H groups in total. The van der Waals surface area contributed by atoms with E-state index in [2.05, 4.69) is 10.6 Å². The Morgan fingerprint density at radius 1 is 1.07 bits per heavy atom. The van der Waals surface area contributed by atoms with Crippen molar-refractivity contribution in [3.8, 4) is 0 Å². The standard InChI is InChI=1S/C21H23FN2O4/c1-4-28-21(27)16-6-5-7-17(11-16)24-20(26)13(2)10-15-8-9-18(12-19(15)22)23-14(3)25/h5-9,11-13H,4,10H2,1-3H3,(H,23,25)(H,24,26). The molecule has 2 rings (SSSR count). The quantitative estimate of drug-likeness (QED) is 0.710. The first-order valence-corrected chi connectivity index (χ1v) is 8.94. The molecule has 2 aromatic rings. The van der Waals surface area contributed by atoms with Crippen LogP contribution in [0.3, 0.4) is 0 Å². The van der Waals surface area contributed by atoms with E-state index in [4.69, 9.17) is 4.74 Å². The monoisotopic (exact) mass is 386 g/mol. The van der Waals surface area contributed by atoms with Crippen LogP contribution in [-0.4, -0.2) is 24.4 Å². The molecular weight excluding hydrogens is 363 g/mol. The molecule has 0 saturated carbocycles. The van der Waals surface area contributed by atoms with Gasteiger partial charge < -0.3 is 15.4 Å². The van der Waals surface area contributed by atoms with Gasteiger partial charge in [-0.1, -0.05) is 19.1 Å². The summed E-state index contributed by atoms with van der Waals surface area (Å²) in [4.78, 5) is 35.3. The van der Waals surface area contributed by atoms with Gasteiger partial charge in [0.05, 0.1) is 12.2 Å². The zero-order valence-corrected chi connectivity index (χ0v) is 16.0. The molecule has 148 valence electrons. The van der Waals surface area contributed by atoms with Crippen molar-refractivity contribution in [2.75, 3.05) is 17.2 Å². The molecule has 0 heterocycles. The molecule has 6 nitrogen and oxygen atoms in total. The molecule has 0 aliphatic carbocycles. The highest BCUT2D eigenvalue weighted by molar-refractivity contribution is 5.95. The Labute approximate surface area is 163 Å². The Morgan fingerprint density at radius 3 is 2.43 bits per heavy atom. The second-order valence-corrected chi connectivity index (χ2v) is 6.38. The van der Waals surface area contributed by atoms with Crippen LogP contribution in [0, 0.1) is 11.7 Å². The van der Waals surface area contributed by atoms with Crippen molar-refractivity contribution < 1.29 is 23.5 Å². The SMILES string of the molecule is CCOC(=O)c1cccc(NC(=O)C(C)Cc2ccc(NC(C)=O)cc2F)c1. The Bertz CT molecular complexity index is 882. The molecule has 0 spiro atoms. The first-order chi connectivity index (χ1) is 13.3. The summed E-state index contributed by atoms with van der Waals surface area (Å²) < 4.78 is 19.2. The Kier molecular flexibility index (Phi) is 7.26. The van der Waals surface area contributed by atoms with Crippen LogP contribution >= 0.6 is 0 Å². The van der Waals surface area contributed by atoms with E-state index >= 15 is 0 Å². The summed E-state index contributed by atoms with van der Waals surface area (Å²) in [7, 11) is 0. The minimum Gasteiger partial charge on any atom is -0.462 e. The summed E-state index contributed by atoms with van der Waals surface area (Å²) in [5.41, 5.74) is 1.54. The molecule has 0 aromatic heterocycles. The van der Waals surface area contributed by atoms with Gasteiger partial charge in [0, 0.05) is 24.2 Å². The zero-order valence-electron chi connectivity index (χ0n) is 16.0. The lowest BCUT2D eigenvalue weighted by atomic mass is 9.99. The van der Waals surface area contributed by atoms with Gasteiger partial charge in [-0.15, -0.1) is 0 Å². The third-order valence-electron chi connectivity index (χ3n) is 3.99. The van der Waals surface area contributed by atoms with Gasteiger partial charge in [-0.3, -0.25) is 9.59 Å². The fourth-order valence-electron chi connectivity index (χ4n) is 2.62. The molecule has 2 aromatic carbocycles. The number of hydrogen-bond donors (Lipinski definition) is 2. The van der Waals surface area contributed by atoms with Crippen molar-refractivity contribution >= 4 is 29.2 Å². The Balaban J connectivity index is 2.02. The number of ether oxygens (including phenoxy) is 1. The fraction of sp³-hybridized carbons (Fsp3) is 0.286. The maximum Gasteiger partial charge on any atom is 0.338 e. The van der Waals surface area contributed by atoms with Gasteiger partial charge in [-0.2, -0.15) is 0 Å². The van der Waals surface area contributed by atoms with Crippen LogP contribution in [-0.2, 0) is 20.7 Å². The van der Waals surface area contributed by atoms with Crippen LogP contribution < -0.4 is 10.6 Å². The zero-order chi connectivity index (χ0) is 20.7. The Morgan fingerprint density at radius 2 is 1.79 bits per heavy atom. The highest BCUT2D eigenvalue weighted by Gasteiger charge is 2.17. The molecule has 0 saturated heterocycles. The number of esters is 1. The first-order valence-electron chi connectivity index (χ1n) is 8.94. The number of anilines is 2. The van der Waals surface area contributed by atoms with Crippen molar-refractivity contribution in [3.63, 3.8) is 0 Å². The van der Waals surface area contributed by atoms with Crippen LogP contribution in [0.15, 0.2) is 42.5 Å². The number of carbonyl (C=O) groups excluding carboxylic acids is 3. The van der Waals surface area contributed by atoms with E-state index in [1.165, 1.54) is 19.1 Å². The van der Waals surface area contributed by atoms with Gasteiger partial charge in [-0.05, 0) is 49.2 Å². The van der Waals surface area contributed by atoms with Gasteiger partial charge >= 0.3 is 5.97 Å². The smallest absolute Gasteiger partial charge is 0.338 e.